The number of rotatable bonds is 5. The summed E-state index contributed by atoms with van der Waals surface area (Å²) in [6, 6.07) is 0. The molecule has 4 nitrogen and oxygen atoms in total. The van der Waals surface area contributed by atoms with Crippen LogP contribution in [0.1, 0.15) is 12.8 Å². The number of halogens is 3. The van der Waals surface area contributed by atoms with Gasteiger partial charge in [-0.05, 0) is 31.8 Å². The van der Waals surface area contributed by atoms with E-state index in [0.717, 1.165) is 25.9 Å². The molecule has 1 aliphatic rings. The normalized spacial score (nSPS) is 18.1. The van der Waals surface area contributed by atoms with Gasteiger partial charge >= 0.3 is 6.18 Å². The lowest BCUT2D eigenvalue weighted by Crippen LogP contribution is -2.37. The Labute approximate surface area is 97.9 Å². The predicted molar refractivity (Wildman–Crippen MR) is 55.5 cm³/mol. The largest absolute Gasteiger partial charge is 0.411 e. The minimum atomic E-state index is -4.38. The van der Waals surface area contributed by atoms with E-state index >= 15 is 0 Å². The van der Waals surface area contributed by atoms with E-state index in [1.807, 2.05) is 0 Å². The van der Waals surface area contributed by atoms with Crippen molar-refractivity contribution in [1.29, 1.82) is 0 Å². The minimum absolute atomic E-state index is 0.405. The second kappa shape index (κ2) is 6.80. The molecule has 1 aliphatic heterocycles. The van der Waals surface area contributed by atoms with Crippen LogP contribution in [0, 0.1) is 5.92 Å². The molecule has 0 radical (unpaired) electrons. The van der Waals surface area contributed by atoms with Crippen molar-refractivity contribution >= 4 is 5.91 Å². The summed E-state index contributed by atoms with van der Waals surface area (Å²) in [6.07, 6.45) is -2.43. The first-order valence-corrected chi connectivity index (χ1v) is 5.59. The van der Waals surface area contributed by atoms with Crippen molar-refractivity contribution in [3.8, 4) is 0 Å². The molecule has 1 amide bonds. The van der Waals surface area contributed by atoms with Gasteiger partial charge in [-0.15, -0.1) is 0 Å². The molecule has 0 spiro atoms. The van der Waals surface area contributed by atoms with Crippen LogP contribution in [0.5, 0.6) is 0 Å². The second-order valence-corrected chi connectivity index (χ2v) is 4.11. The average Bonchev–Trinajstić information content (AvgIpc) is 2.26. The van der Waals surface area contributed by atoms with Gasteiger partial charge < -0.3 is 15.4 Å². The Balaban J connectivity index is 2.04. The van der Waals surface area contributed by atoms with Gasteiger partial charge in [0.1, 0.15) is 13.2 Å². The summed E-state index contributed by atoms with van der Waals surface area (Å²) in [4.78, 5) is 11.2. The zero-order chi connectivity index (χ0) is 12.7. The molecular weight excluding hydrogens is 237 g/mol. The van der Waals surface area contributed by atoms with Gasteiger partial charge in [-0.25, -0.2) is 0 Å². The van der Waals surface area contributed by atoms with Gasteiger partial charge in [0, 0.05) is 6.54 Å². The molecule has 0 unspecified atom stereocenters. The fourth-order valence-electron chi connectivity index (χ4n) is 1.65. The zero-order valence-corrected chi connectivity index (χ0v) is 9.48. The molecule has 0 aromatic rings. The molecule has 0 bridgehead atoms. The Morgan fingerprint density at radius 3 is 2.59 bits per heavy atom. The van der Waals surface area contributed by atoms with Crippen LogP contribution >= 0.6 is 0 Å². The maximum absolute atomic E-state index is 11.7. The third-order valence-electron chi connectivity index (χ3n) is 2.55. The highest BCUT2D eigenvalue weighted by molar-refractivity contribution is 5.77. The van der Waals surface area contributed by atoms with Crippen LogP contribution in [0.4, 0.5) is 13.2 Å². The summed E-state index contributed by atoms with van der Waals surface area (Å²) >= 11 is 0. The van der Waals surface area contributed by atoms with Gasteiger partial charge in [-0.3, -0.25) is 4.79 Å². The summed E-state index contributed by atoms with van der Waals surface area (Å²) in [5, 5.41) is 5.77. The average molecular weight is 254 g/mol. The fourth-order valence-corrected chi connectivity index (χ4v) is 1.65. The number of nitrogens with one attached hydrogen (secondary N) is 2. The van der Waals surface area contributed by atoms with Crippen LogP contribution in [0.2, 0.25) is 0 Å². The van der Waals surface area contributed by atoms with Crippen LogP contribution in [0.3, 0.4) is 0 Å². The molecule has 1 rings (SSSR count). The van der Waals surface area contributed by atoms with E-state index in [2.05, 4.69) is 15.4 Å². The van der Waals surface area contributed by atoms with Crippen molar-refractivity contribution in [3.63, 3.8) is 0 Å². The molecule has 0 atom stereocenters. The smallest absolute Gasteiger partial charge is 0.362 e. The first-order chi connectivity index (χ1) is 7.97. The molecule has 1 fully saturated rings. The molecule has 1 saturated heterocycles. The maximum Gasteiger partial charge on any atom is 0.411 e. The highest BCUT2D eigenvalue weighted by Gasteiger charge is 2.27. The van der Waals surface area contributed by atoms with Crippen LogP contribution in [-0.2, 0) is 9.53 Å². The van der Waals surface area contributed by atoms with Crippen LogP contribution in [-0.4, -0.2) is 44.9 Å². The topological polar surface area (TPSA) is 50.4 Å². The van der Waals surface area contributed by atoms with Crippen LogP contribution < -0.4 is 10.6 Å². The van der Waals surface area contributed by atoms with Crippen molar-refractivity contribution in [1.82, 2.24) is 10.6 Å². The number of ether oxygens (including phenoxy) is 1. The first-order valence-electron chi connectivity index (χ1n) is 5.59. The van der Waals surface area contributed by atoms with E-state index in [9.17, 15) is 18.0 Å². The van der Waals surface area contributed by atoms with Gasteiger partial charge in [-0.2, -0.15) is 13.2 Å². The number of carbonyl (C=O) groups excluding carboxylic acids is 1. The van der Waals surface area contributed by atoms with Crippen molar-refractivity contribution in [2.75, 3.05) is 32.8 Å². The highest BCUT2D eigenvalue weighted by Crippen LogP contribution is 2.14. The molecule has 0 aromatic carbocycles. The van der Waals surface area contributed by atoms with Crippen molar-refractivity contribution in [2.24, 2.45) is 5.92 Å². The number of alkyl halides is 3. The summed E-state index contributed by atoms with van der Waals surface area (Å²) in [7, 11) is 0. The summed E-state index contributed by atoms with van der Waals surface area (Å²) in [5.41, 5.74) is 0. The third-order valence-corrected chi connectivity index (χ3v) is 2.55. The van der Waals surface area contributed by atoms with E-state index in [-0.39, 0.29) is 0 Å². The Morgan fingerprint density at radius 1 is 1.35 bits per heavy atom. The quantitative estimate of drug-likeness (QED) is 0.758. The van der Waals surface area contributed by atoms with E-state index in [0.29, 0.717) is 12.5 Å². The SMILES string of the molecule is O=C(COCC(F)(F)F)NCC1CCNCC1. The van der Waals surface area contributed by atoms with Gasteiger partial charge in [-0.1, -0.05) is 0 Å². The number of piperidine rings is 1. The van der Waals surface area contributed by atoms with Crippen molar-refractivity contribution in [3.05, 3.63) is 0 Å². The van der Waals surface area contributed by atoms with E-state index in [1.165, 1.54) is 0 Å². The molecule has 0 aromatic heterocycles. The first kappa shape index (κ1) is 14.2. The monoisotopic (exact) mass is 254 g/mol. The van der Waals surface area contributed by atoms with E-state index in [4.69, 9.17) is 0 Å². The van der Waals surface area contributed by atoms with Crippen molar-refractivity contribution < 1.29 is 22.7 Å². The molecule has 1 heterocycles. The number of hydrogen-bond acceptors (Lipinski definition) is 3. The lowest BCUT2D eigenvalue weighted by atomic mass is 9.98. The molecule has 100 valence electrons. The summed E-state index contributed by atoms with van der Waals surface area (Å²) in [6.45, 7) is 0.435. The molecular formula is C10H17F3N2O2. The second-order valence-electron chi connectivity index (χ2n) is 4.11. The molecule has 0 saturated carbocycles. The van der Waals surface area contributed by atoms with Crippen LogP contribution in [0.15, 0.2) is 0 Å². The molecule has 17 heavy (non-hydrogen) atoms. The lowest BCUT2D eigenvalue weighted by Gasteiger charge is -2.22. The number of hydrogen-bond donors (Lipinski definition) is 2. The van der Waals surface area contributed by atoms with E-state index in [1.54, 1.807) is 0 Å². The Kier molecular flexibility index (Phi) is 5.70. The summed E-state index contributed by atoms with van der Waals surface area (Å²) < 4.78 is 39.4. The predicted octanol–water partition coefficient (Wildman–Crippen LogP) is 0.681. The van der Waals surface area contributed by atoms with Crippen LogP contribution in [0.25, 0.3) is 0 Å². The Bertz CT molecular complexity index is 240. The zero-order valence-electron chi connectivity index (χ0n) is 9.48. The Hall–Kier alpha value is -0.820. The Morgan fingerprint density at radius 2 is 2.00 bits per heavy atom. The fraction of sp³-hybridized carbons (Fsp3) is 0.900. The summed E-state index contributed by atoms with van der Waals surface area (Å²) in [5.74, 6) is -0.0874. The number of amides is 1. The van der Waals surface area contributed by atoms with Gasteiger partial charge in [0.25, 0.3) is 0 Å². The number of carbonyl (C=O) groups is 1. The third kappa shape index (κ3) is 7.17. The minimum Gasteiger partial charge on any atom is -0.362 e. The van der Waals surface area contributed by atoms with E-state index < -0.39 is 25.3 Å². The molecule has 2 N–H and O–H groups in total. The molecule has 0 aliphatic carbocycles. The standard InChI is InChI=1S/C10H17F3N2O2/c11-10(12,13)7-17-6-9(16)15-5-8-1-3-14-4-2-8/h8,14H,1-7H2,(H,15,16). The van der Waals surface area contributed by atoms with Crippen molar-refractivity contribution in [2.45, 2.75) is 19.0 Å². The maximum atomic E-state index is 11.7. The molecule has 7 heteroatoms. The van der Waals surface area contributed by atoms with Gasteiger partial charge in [0.15, 0.2) is 0 Å². The highest BCUT2D eigenvalue weighted by atomic mass is 19.4. The lowest BCUT2D eigenvalue weighted by molar-refractivity contribution is -0.175. The van der Waals surface area contributed by atoms with Gasteiger partial charge in [0.05, 0.1) is 0 Å². The van der Waals surface area contributed by atoms with Gasteiger partial charge in [0.2, 0.25) is 5.91 Å².